The van der Waals surface area contributed by atoms with Crippen LogP contribution in [-0.2, 0) is 16.0 Å². The number of carbonyl (C=O) groups excluding carboxylic acids is 2. The van der Waals surface area contributed by atoms with Crippen LogP contribution in [0, 0.1) is 0 Å². The average Bonchev–Trinajstić information content (AvgIpc) is 3.25. The van der Waals surface area contributed by atoms with E-state index in [4.69, 9.17) is 13.9 Å². The summed E-state index contributed by atoms with van der Waals surface area (Å²) in [6, 6.07) is 12.9. The maximum atomic E-state index is 13.4. The van der Waals surface area contributed by atoms with Gasteiger partial charge in [0.2, 0.25) is 5.91 Å². The lowest BCUT2D eigenvalue weighted by molar-refractivity contribution is -0.139. The lowest BCUT2D eigenvalue weighted by Gasteiger charge is -2.37. The lowest BCUT2D eigenvalue weighted by atomic mass is 10.1. The molecule has 1 aromatic heterocycles. The smallest absolute Gasteiger partial charge is 0.265 e. The van der Waals surface area contributed by atoms with Crippen LogP contribution in [0.3, 0.4) is 0 Å². The number of para-hydroxylation sites is 2. The molecule has 7 nitrogen and oxygen atoms in total. The van der Waals surface area contributed by atoms with Crippen LogP contribution in [0.4, 0.5) is 5.69 Å². The van der Waals surface area contributed by atoms with Crippen LogP contribution < -0.4 is 14.4 Å². The number of hydrogen-bond acceptors (Lipinski definition) is 5. The van der Waals surface area contributed by atoms with Crippen molar-refractivity contribution >= 4 is 28.5 Å². The van der Waals surface area contributed by atoms with Crippen molar-refractivity contribution in [3.05, 3.63) is 54.3 Å². The van der Waals surface area contributed by atoms with Gasteiger partial charge in [-0.2, -0.15) is 0 Å². The molecule has 1 atom stereocenters. The van der Waals surface area contributed by atoms with Gasteiger partial charge in [0.15, 0.2) is 6.10 Å². The predicted molar refractivity (Wildman–Crippen MR) is 120 cm³/mol. The number of benzene rings is 2. The first kappa shape index (κ1) is 20.4. The summed E-state index contributed by atoms with van der Waals surface area (Å²) >= 11 is 0. The van der Waals surface area contributed by atoms with Crippen LogP contribution in [0.2, 0.25) is 0 Å². The molecule has 0 bridgehead atoms. The minimum Gasteiger partial charge on any atom is -0.497 e. The highest BCUT2D eigenvalue weighted by atomic mass is 16.5. The summed E-state index contributed by atoms with van der Waals surface area (Å²) in [5.41, 5.74) is 2.16. The Morgan fingerprint density at radius 2 is 1.91 bits per heavy atom. The van der Waals surface area contributed by atoms with E-state index in [1.165, 1.54) is 0 Å². The van der Waals surface area contributed by atoms with Crippen molar-refractivity contribution in [1.82, 2.24) is 4.90 Å². The Kier molecular flexibility index (Phi) is 5.47. The quantitative estimate of drug-likeness (QED) is 0.625. The first-order chi connectivity index (χ1) is 15.6. The van der Waals surface area contributed by atoms with Gasteiger partial charge in [-0.15, -0.1) is 0 Å². The van der Waals surface area contributed by atoms with E-state index >= 15 is 0 Å². The fourth-order valence-electron chi connectivity index (χ4n) is 4.50. The third-order valence-electron chi connectivity index (χ3n) is 6.22. The van der Waals surface area contributed by atoms with Gasteiger partial charge in [0, 0.05) is 30.1 Å². The SMILES string of the molecule is COc1ccc2c(CC(=O)N3C[C@H](C(=O)N4CCCCC4)Oc4ccccc43)coc2c1. The van der Waals surface area contributed by atoms with E-state index in [1.54, 1.807) is 24.3 Å². The van der Waals surface area contributed by atoms with E-state index in [0.29, 0.717) is 22.8 Å². The maximum Gasteiger partial charge on any atom is 0.265 e. The Hall–Kier alpha value is -3.48. The molecule has 2 aliphatic rings. The molecule has 0 spiro atoms. The van der Waals surface area contributed by atoms with Crippen molar-refractivity contribution in [1.29, 1.82) is 0 Å². The number of anilines is 1. The van der Waals surface area contributed by atoms with Gasteiger partial charge in [-0.3, -0.25) is 9.59 Å². The molecule has 2 aromatic carbocycles. The summed E-state index contributed by atoms with van der Waals surface area (Å²) in [6.45, 7) is 1.70. The first-order valence-corrected chi connectivity index (χ1v) is 11.0. The largest absolute Gasteiger partial charge is 0.497 e. The Morgan fingerprint density at radius 3 is 2.72 bits per heavy atom. The zero-order chi connectivity index (χ0) is 22.1. The van der Waals surface area contributed by atoms with E-state index in [-0.39, 0.29) is 24.8 Å². The molecule has 2 aliphatic heterocycles. The van der Waals surface area contributed by atoms with Gasteiger partial charge in [0.05, 0.1) is 32.0 Å². The monoisotopic (exact) mass is 434 g/mol. The average molecular weight is 434 g/mol. The van der Waals surface area contributed by atoms with Crippen molar-refractivity contribution in [3.8, 4) is 11.5 Å². The Labute approximate surface area is 186 Å². The molecule has 2 amide bonds. The molecule has 5 rings (SSSR count). The van der Waals surface area contributed by atoms with Crippen LogP contribution in [0.25, 0.3) is 11.0 Å². The van der Waals surface area contributed by atoms with Crippen LogP contribution in [-0.4, -0.2) is 49.6 Å². The molecule has 0 aliphatic carbocycles. The summed E-state index contributed by atoms with van der Waals surface area (Å²) in [7, 11) is 1.60. The molecule has 0 unspecified atom stereocenters. The number of piperidine rings is 1. The number of carbonyl (C=O) groups is 2. The first-order valence-electron chi connectivity index (χ1n) is 11.0. The summed E-state index contributed by atoms with van der Waals surface area (Å²) in [6.07, 6.45) is 4.25. The molecule has 0 N–H and O–H groups in total. The molecule has 0 radical (unpaired) electrons. The molecule has 0 saturated carbocycles. The number of methoxy groups -OCH3 is 1. The van der Waals surface area contributed by atoms with Gasteiger partial charge in [0.1, 0.15) is 17.1 Å². The zero-order valence-electron chi connectivity index (χ0n) is 18.1. The summed E-state index contributed by atoms with van der Waals surface area (Å²) in [5, 5.41) is 0.877. The second-order valence-electron chi connectivity index (χ2n) is 8.26. The Balaban J connectivity index is 1.40. The topological polar surface area (TPSA) is 72.2 Å². The summed E-state index contributed by atoms with van der Waals surface area (Å²) < 4.78 is 16.9. The standard InChI is InChI=1S/C25H26N2O5/c1-30-18-9-10-19-17(16-31-22(19)14-18)13-24(28)27-15-23(25(29)26-11-5-2-6-12-26)32-21-8-4-3-7-20(21)27/h3-4,7-10,14,16,23H,2,5-6,11-13,15H2,1H3/t23-/m1/s1. The van der Waals surface area contributed by atoms with Gasteiger partial charge in [-0.25, -0.2) is 0 Å². The summed E-state index contributed by atoms with van der Waals surface area (Å²) in [4.78, 5) is 30.1. The molecule has 32 heavy (non-hydrogen) atoms. The van der Waals surface area contributed by atoms with Crippen molar-refractivity contribution in [2.45, 2.75) is 31.8 Å². The van der Waals surface area contributed by atoms with Crippen molar-refractivity contribution < 1.29 is 23.5 Å². The second kappa shape index (κ2) is 8.57. The molecule has 7 heteroatoms. The lowest BCUT2D eigenvalue weighted by Crippen LogP contribution is -2.53. The summed E-state index contributed by atoms with van der Waals surface area (Å²) in [5.74, 6) is 1.11. The fourth-order valence-corrected chi connectivity index (χ4v) is 4.50. The number of furan rings is 1. The third kappa shape index (κ3) is 3.79. The van der Waals surface area contributed by atoms with Gasteiger partial charge in [-0.05, 0) is 43.5 Å². The van der Waals surface area contributed by atoms with E-state index in [9.17, 15) is 9.59 Å². The molecule has 1 fully saturated rings. The van der Waals surface area contributed by atoms with E-state index in [1.807, 2.05) is 41.3 Å². The molecular weight excluding hydrogens is 408 g/mol. The van der Waals surface area contributed by atoms with Crippen LogP contribution >= 0.6 is 0 Å². The highest BCUT2D eigenvalue weighted by molar-refractivity contribution is 6.00. The number of ether oxygens (including phenoxy) is 2. The number of hydrogen-bond donors (Lipinski definition) is 0. The van der Waals surface area contributed by atoms with Crippen molar-refractivity contribution in [3.63, 3.8) is 0 Å². The molecular formula is C25H26N2O5. The molecule has 3 aromatic rings. The molecule has 1 saturated heterocycles. The van der Waals surface area contributed by atoms with Crippen LogP contribution in [0.5, 0.6) is 11.5 Å². The van der Waals surface area contributed by atoms with Gasteiger partial charge >= 0.3 is 0 Å². The van der Waals surface area contributed by atoms with Crippen molar-refractivity contribution in [2.24, 2.45) is 0 Å². The van der Waals surface area contributed by atoms with Crippen molar-refractivity contribution in [2.75, 3.05) is 31.6 Å². The predicted octanol–water partition coefficient (Wildman–Crippen LogP) is 3.79. The minimum atomic E-state index is -0.697. The van der Waals surface area contributed by atoms with E-state index < -0.39 is 6.10 Å². The Bertz CT molecular complexity index is 1150. The number of nitrogens with zero attached hydrogens (tertiary/aromatic N) is 2. The number of rotatable bonds is 4. The molecule has 3 heterocycles. The van der Waals surface area contributed by atoms with Crippen LogP contribution in [0.15, 0.2) is 53.1 Å². The number of amides is 2. The third-order valence-corrected chi connectivity index (χ3v) is 6.22. The fraction of sp³-hybridized carbons (Fsp3) is 0.360. The normalized spacial score (nSPS) is 18.2. The van der Waals surface area contributed by atoms with Gasteiger partial charge in [0.25, 0.3) is 5.91 Å². The maximum absolute atomic E-state index is 13.4. The van der Waals surface area contributed by atoms with E-state index in [0.717, 1.165) is 43.3 Å². The number of fused-ring (bicyclic) bond motifs is 2. The highest BCUT2D eigenvalue weighted by Crippen LogP contribution is 2.35. The van der Waals surface area contributed by atoms with Gasteiger partial charge in [-0.1, -0.05) is 12.1 Å². The van der Waals surface area contributed by atoms with E-state index in [2.05, 4.69) is 0 Å². The molecule has 166 valence electrons. The number of likely N-dealkylation sites (tertiary alicyclic amines) is 1. The second-order valence-corrected chi connectivity index (χ2v) is 8.26. The Morgan fingerprint density at radius 1 is 1.09 bits per heavy atom. The zero-order valence-corrected chi connectivity index (χ0v) is 18.1. The highest BCUT2D eigenvalue weighted by Gasteiger charge is 2.36. The minimum absolute atomic E-state index is 0.0436. The van der Waals surface area contributed by atoms with Gasteiger partial charge < -0.3 is 23.7 Å². The van der Waals surface area contributed by atoms with Crippen LogP contribution in [0.1, 0.15) is 24.8 Å².